The first kappa shape index (κ1) is 25.1. The first-order chi connectivity index (χ1) is 17.4. The molecule has 1 saturated carbocycles. The smallest absolute Gasteiger partial charge is 0.423 e. The number of likely N-dealkylation sites (tertiary alicyclic amines) is 1. The number of rotatable bonds is 1. The van der Waals surface area contributed by atoms with Crippen molar-refractivity contribution in [1.29, 1.82) is 0 Å². The van der Waals surface area contributed by atoms with Gasteiger partial charge in [0.2, 0.25) is 11.8 Å². The van der Waals surface area contributed by atoms with Crippen molar-refractivity contribution in [3.05, 3.63) is 51.6 Å². The van der Waals surface area contributed by atoms with Crippen molar-refractivity contribution in [1.82, 2.24) is 4.90 Å². The van der Waals surface area contributed by atoms with Crippen molar-refractivity contribution in [2.24, 2.45) is 29.1 Å². The van der Waals surface area contributed by atoms with Gasteiger partial charge in [-0.1, -0.05) is 30.7 Å². The Morgan fingerprint density at radius 3 is 2.22 bits per heavy atom. The summed E-state index contributed by atoms with van der Waals surface area (Å²) in [5.74, 6) is -4.52. The highest BCUT2D eigenvalue weighted by molar-refractivity contribution is 6.17. The molecule has 0 aromatic heterocycles. The molecule has 0 unspecified atom stereocenters. The number of imide groups is 3. The van der Waals surface area contributed by atoms with Crippen LogP contribution < -0.4 is 0 Å². The van der Waals surface area contributed by atoms with Crippen molar-refractivity contribution in [3.63, 3.8) is 0 Å². The molecule has 3 amide bonds. The third kappa shape index (κ3) is 3.17. The number of Topliss-reactive ketones (excluding diaryl/α,β-unsaturated/α-hetero) is 2. The third-order valence-electron chi connectivity index (χ3n) is 9.37. The first-order valence-electron chi connectivity index (χ1n) is 12.6. The Balaban J connectivity index is 1.73. The second-order valence-electron chi connectivity index (χ2n) is 11.1. The number of phenols is 1. The molecule has 1 N–H and O–H groups in total. The molecular formula is C29H31NO7. The van der Waals surface area contributed by atoms with Gasteiger partial charge < -0.3 is 9.84 Å². The highest BCUT2D eigenvalue weighted by Crippen LogP contribution is 2.63. The second kappa shape index (κ2) is 8.23. The zero-order chi connectivity index (χ0) is 27.1. The Morgan fingerprint density at radius 2 is 1.62 bits per heavy atom. The number of nitrogens with zero attached hydrogens (tertiary/aromatic N) is 1. The fraction of sp³-hybridized carbons (Fsp3) is 0.483. The Bertz CT molecular complexity index is 1340. The van der Waals surface area contributed by atoms with E-state index in [0.29, 0.717) is 27.2 Å². The quantitative estimate of drug-likeness (QED) is 0.454. The summed E-state index contributed by atoms with van der Waals surface area (Å²) in [5.41, 5.74) is 2.68. The Labute approximate surface area is 215 Å². The van der Waals surface area contributed by atoms with E-state index in [1.165, 1.54) is 0 Å². The Morgan fingerprint density at radius 1 is 1.00 bits per heavy atom. The predicted molar refractivity (Wildman–Crippen MR) is 132 cm³/mol. The van der Waals surface area contributed by atoms with E-state index < -0.39 is 52.9 Å². The largest absolute Gasteiger partial charge is 0.507 e. The standard InChI is InChI=1S/C29H31NO7/c1-12-9-16(10-13(2)23(12)31)22-17-7-8-18-21(27(35)30(26(18)34)28(36)37-6)19(17)11-20-24(32)14(3)15(4)25(33)29(20,22)5/h7,9-10,18-22,31H,8,11H2,1-6H3/t18-,19+,20-,21-,22-,29+/m0/s1. The predicted octanol–water partition coefficient (Wildman–Crippen LogP) is 3.92. The molecule has 1 saturated heterocycles. The van der Waals surface area contributed by atoms with E-state index in [0.717, 1.165) is 18.2 Å². The number of hydrogen-bond acceptors (Lipinski definition) is 7. The van der Waals surface area contributed by atoms with Gasteiger partial charge in [0, 0.05) is 11.8 Å². The first-order valence-corrected chi connectivity index (χ1v) is 12.6. The molecule has 1 aliphatic heterocycles. The molecule has 2 fully saturated rings. The van der Waals surface area contributed by atoms with Crippen LogP contribution in [0.25, 0.3) is 0 Å². The number of hydrogen-bond donors (Lipinski definition) is 1. The minimum atomic E-state index is -1.10. The second-order valence-corrected chi connectivity index (χ2v) is 11.1. The van der Waals surface area contributed by atoms with Crippen LogP contribution >= 0.6 is 0 Å². The van der Waals surface area contributed by atoms with Gasteiger partial charge in [0.15, 0.2) is 11.6 Å². The Kier molecular flexibility index (Phi) is 5.59. The van der Waals surface area contributed by atoms with Crippen molar-refractivity contribution >= 4 is 29.5 Å². The van der Waals surface area contributed by atoms with Gasteiger partial charge >= 0.3 is 6.09 Å². The lowest BCUT2D eigenvalue weighted by Gasteiger charge is -2.54. The van der Waals surface area contributed by atoms with Gasteiger partial charge in [-0.3, -0.25) is 19.2 Å². The average molecular weight is 506 g/mol. The zero-order valence-corrected chi connectivity index (χ0v) is 21.9. The van der Waals surface area contributed by atoms with Crippen molar-refractivity contribution in [3.8, 4) is 5.75 Å². The molecule has 3 aliphatic carbocycles. The molecule has 194 valence electrons. The van der Waals surface area contributed by atoms with Crippen LogP contribution in [0.2, 0.25) is 0 Å². The van der Waals surface area contributed by atoms with Gasteiger partial charge in [0.05, 0.1) is 24.4 Å². The van der Waals surface area contributed by atoms with E-state index in [-0.39, 0.29) is 30.2 Å². The fourth-order valence-corrected chi connectivity index (χ4v) is 7.39. The van der Waals surface area contributed by atoms with Gasteiger partial charge in [-0.05, 0) is 74.3 Å². The fourth-order valence-electron chi connectivity index (χ4n) is 7.39. The van der Waals surface area contributed by atoms with E-state index in [1.54, 1.807) is 27.7 Å². The summed E-state index contributed by atoms with van der Waals surface area (Å²) >= 11 is 0. The number of benzene rings is 1. The molecule has 0 spiro atoms. The molecule has 8 heteroatoms. The number of ketones is 2. The zero-order valence-electron chi connectivity index (χ0n) is 21.9. The number of carbonyl (C=O) groups is 5. The molecule has 6 atom stereocenters. The van der Waals surface area contributed by atoms with Crippen LogP contribution in [-0.2, 0) is 23.9 Å². The summed E-state index contributed by atoms with van der Waals surface area (Å²) in [6.07, 6.45) is 1.41. The SMILES string of the molecule is COC(=O)N1C(=O)[C@H]2[C@H](CC=C3[C@H]2C[C@H]2C(=O)C(C)=C(C)C(=O)[C@@]2(C)[C@H]3c2cc(C)c(O)c(C)c2)C1=O. The lowest BCUT2D eigenvalue weighted by atomic mass is 9.46. The molecule has 1 aromatic rings. The Hall–Kier alpha value is -3.55. The van der Waals surface area contributed by atoms with E-state index >= 15 is 0 Å². The number of phenolic OH excluding ortho intramolecular Hbond substituents is 1. The van der Waals surface area contributed by atoms with Crippen LogP contribution in [0, 0.1) is 42.9 Å². The van der Waals surface area contributed by atoms with Crippen LogP contribution in [-0.4, -0.2) is 46.6 Å². The number of allylic oxidation sites excluding steroid dienone is 4. The number of aryl methyl sites for hydroxylation is 2. The van der Waals surface area contributed by atoms with Crippen molar-refractivity contribution in [2.75, 3.05) is 7.11 Å². The topological polar surface area (TPSA) is 118 Å². The molecule has 1 aromatic carbocycles. The number of ether oxygens (including phenoxy) is 1. The molecule has 37 heavy (non-hydrogen) atoms. The van der Waals surface area contributed by atoms with Gasteiger partial charge in [-0.25, -0.2) is 4.79 Å². The van der Waals surface area contributed by atoms with Crippen LogP contribution in [0.3, 0.4) is 0 Å². The van der Waals surface area contributed by atoms with E-state index in [4.69, 9.17) is 4.74 Å². The van der Waals surface area contributed by atoms with E-state index in [2.05, 4.69) is 0 Å². The highest BCUT2D eigenvalue weighted by atomic mass is 16.5. The average Bonchev–Trinajstić information content (AvgIpc) is 3.13. The maximum atomic E-state index is 14.0. The molecule has 0 bridgehead atoms. The molecular weight excluding hydrogens is 474 g/mol. The van der Waals surface area contributed by atoms with E-state index in [1.807, 2.05) is 25.1 Å². The van der Waals surface area contributed by atoms with Crippen LogP contribution in [0.1, 0.15) is 56.2 Å². The molecule has 0 radical (unpaired) electrons. The lowest BCUT2D eigenvalue weighted by Crippen LogP contribution is -2.55. The molecule has 4 aliphatic rings. The van der Waals surface area contributed by atoms with Gasteiger partial charge in [-0.15, -0.1) is 0 Å². The number of methoxy groups -OCH3 is 1. The van der Waals surface area contributed by atoms with Gasteiger partial charge in [-0.2, -0.15) is 4.90 Å². The molecule has 5 rings (SSSR count). The summed E-state index contributed by atoms with van der Waals surface area (Å²) in [6, 6.07) is 3.68. The monoisotopic (exact) mass is 505 g/mol. The summed E-state index contributed by atoms with van der Waals surface area (Å²) in [4.78, 5) is 67.1. The number of amides is 3. The lowest BCUT2D eigenvalue weighted by molar-refractivity contribution is -0.142. The third-order valence-corrected chi connectivity index (χ3v) is 9.37. The maximum absolute atomic E-state index is 14.0. The summed E-state index contributed by atoms with van der Waals surface area (Å²) in [6.45, 7) is 8.76. The molecule has 1 heterocycles. The summed E-state index contributed by atoms with van der Waals surface area (Å²) in [7, 11) is 1.12. The normalized spacial score (nSPS) is 33.2. The number of aromatic hydroxyl groups is 1. The summed E-state index contributed by atoms with van der Waals surface area (Å²) in [5, 5.41) is 10.4. The highest BCUT2D eigenvalue weighted by Gasteiger charge is 2.64. The van der Waals surface area contributed by atoms with Gasteiger partial charge in [0.1, 0.15) is 5.75 Å². The van der Waals surface area contributed by atoms with E-state index in [9.17, 15) is 29.1 Å². The number of carbonyl (C=O) groups excluding carboxylic acids is 5. The minimum absolute atomic E-state index is 0.102. The van der Waals surface area contributed by atoms with Crippen LogP contribution in [0.15, 0.2) is 34.9 Å². The molecule has 8 nitrogen and oxygen atoms in total. The minimum Gasteiger partial charge on any atom is -0.507 e. The number of fused-ring (bicyclic) bond motifs is 4. The van der Waals surface area contributed by atoms with Crippen LogP contribution in [0.4, 0.5) is 4.79 Å². The van der Waals surface area contributed by atoms with Crippen molar-refractivity contribution in [2.45, 2.75) is 53.4 Å². The van der Waals surface area contributed by atoms with Crippen molar-refractivity contribution < 1.29 is 33.8 Å². The summed E-state index contributed by atoms with van der Waals surface area (Å²) < 4.78 is 4.70. The maximum Gasteiger partial charge on any atom is 0.423 e. The van der Waals surface area contributed by atoms with Gasteiger partial charge in [0.25, 0.3) is 0 Å². The van der Waals surface area contributed by atoms with Crippen LogP contribution in [0.5, 0.6) is 5.75 Å².